The summed E-state index contributed by atoms with van der Waals surface area (Å²) in [5.74, 6) is 0.488. The number of urea groups is 1. The summed E-state index contributed by atoms with van der Waals surface area (Å²) in [6, 6.07) is 5.71. The van der Waals surface area contributed by atoms with Gasteiger partial charge in [-0.05, 0) is 37.6 Å². The highest BCUT2D eigenvalue weighted by Gasteiger charge is 2.25. The van der Waals surface area contributed by atoms with Crippen molar-refractivity contribution in [1.29, 1.82) is 0 Å². The SMILES string of the molecule is Cc1ccc(NC(=O)NC[C@@H](C(C)C)N2CCN(C)CC2)cc1Cl. The molecule has 2 amide bonds. The Morgan fingerprint density at radius 1 is 1.25 bits per heavy atom. The van der Waals surface area contributed by atoms with E-state index in [-0.39, 0.29) is 6.03 Å². The first-order valence-corrected chi connectivity index (χ1v) is 8.98. The molecule has 2 rings (SSSR count). The largest absolute Gasteiger partial charge is 0.336 e. The van der Waals surface area contributed by atoms with Crippen molar-refractivity contribution in [3.05, 3.63) is 28.8 Å². The normalized spacial score (nSPS) is 17.8. The number of anilines is 1. The fourth-order valence-electron chi connectivity index (χ4n) is 2.98. The van der Waals surface area contributed by atoms with Gasteiger partial charge in [0.2, 0.25) is 0 Å². The lowest BCUT2D eigenvalue weighted by molar-refractivity contribution is 0.0890. The number of halogens is 1. The van der Waals surface area contributed by atoms with Crippen LogP contribution in [0.4, 0.5) is 10.5 Å². The van der Waals surface area contributed by atoms with Crippen molar-refractivity contribution >= 4 is 23.3 Å². The van der Waals surface area contributed by atoms with Gasteiger partial charge in [-0.15, -0.1) is 0 Å². The van der Waals surface area contributed by atoms with Crippen LogP contribution in [0, 0.1) is 12.8 Å². The van der Waals surface area contributed by atoms with Gasteiger partial charge in [-0.3, -0.25) is 4.90 Å². The van der Waals surface area contributed by atoms with Crippen LogP contribution in [0.1, 0.15) is 19.4 Å². The summed E-state index contributed by atoms with van der Waals surface area (Å²) in [5.41, 5.74) is 1.71. The van der Waals surface area contributed by atoms with E-state index in [2.05, 4.69) is 41.3 Å². The van der Waals surface area contributed by atoms with Crippen molar-refractivity contribution in [2.45, 2.75) is 26.8 Å². The Balaban J connectivity index is 1.86. The Morgan fingerprint density at radius 3 is 2.50 bits per heavy atom. The number of carbonyl (C=O) groups is 1. The first-order chi connectivity index (χ1) is 11.4. The standard InChI is InChI=1S/C18H29ClN4O/c1-13(2)17(23-9-7-22(4)8-10-23)12-20-18(24)21-15-6-5-14(3)16(19)11-15/h5-6,11,13,17H,7-10,12H2,1-4H3,(H2,20,21,24)/t17-/m0/s1. The number of rotatable bonds is 5. The Morgan fingerprint density at radius 2 is 1.92 bits per heavy atom. The highest BCUT2D eigenvalue weighted by Crippen LogP contribution is 2.20. The van der Waals surface area contributed by atoms with Gasteiger partial charge >= 0.3 is 6.03 Å². The summed E-state index contributed by atoms with van der Waals surface area (Å²) >= 11 is 6.10. The van der Waals surface area contributed by atoms with Gasteiger partial charge < -0.3 is 15.5 Å². The predicted molar refractivity (Wildman–Crippen MR) is 101 cm³/mol. The summed E-state index contributed by atoms with van der Waals surface area (Å²) in [5, 5.41) is 6.52. The molecule has 1 saturated heterocycles. The number of amides is 2. The number of likely N-dealkylation sites (N-methyl/N-ethyl adjacent to an activating group) is 1. The van der Waals surface area contributed by atoms with E-state index in [1.54, 1.807) is 6.07 Å². The number of nitrogens with one attached hydrogen (secondary N) is 2. The molecule has 0 saturated carbocycles. The molecule has 1 heterocycles. The first kappa shape index (κ1) is 19.0. The first-order valence-electron chi connectivity index (χ1n) is 8.60. The summed E-state index contributed by atoms with van der Waals surface area (Å²) in [6.07, 6.45) is 0. The molecule has 0 radical (unpaired) electrons. The van der Waals surface area contributed by atoms with Crippen molar-refractivity contribution in [1.82, 2.24) is 15.1 Å². The van der Waals surface area contributed by atoms with Crippen LogP contribution in [0.25, 0.3) is 0 Å². The maximum atomic E-state index is 12.2. The molecule has 1 aliphatic heterocycles. The predicted octanol–water partition coefficient (Wildman–Crippen LogP) is 3.04. The van der Waals surface area contributed by atoms with E-state index in [9.17, 15) is 4.79 Å². The molecule has 0 aromatic heterocycles. The fourth-order valence-corrected chi connectivity index (χ4v) is 3.16. The van der Waals surface area contributed by atoms with E-state index in [4.69, 9.17) is 11.6 Å². The number of hydrogen-bond donors (Lipinski definition) is 2. The zero-order valence-electron chi connectivity index (χ0n) is 15.1. The monoisotopic (exact) mass is 352 g/mol. The van der Waals surface area contributed by atoms with Crippen LogP contribution < -0.4 is 10.6 Å². The van der Waals surface area contributed by atoms with Crippen LogP contribution in [0.2, 0.25) is 5.02 Å². The second kappa shape index (κ2) is 8.70. The Labute approximate surface area is 150 Å². The third-order valence-corrected chi connectivity index (χ3v) is 5.09. The average molecular weight is 353 g/mol. The number of carbonyl (C=O) groups excluding carboxylic acids is 1. The van der Waals surface area contributed by atoms with E-state index in [0.29, 0.717) is 29.2 Å². The molecular formula is C18H29ClN4O. The molecule has 1 fully saturated rings. The van der Waals surface area contributed by atoms with E-state index in [1.807, 2.05) is 19.1 Å². The van der Waals surface area contributed by atoms with Gasteiger partial charge in [0.25, 0.3) is 0 Å². The van der Waals surface area contributed by atoms with Crippen LogP contribution in [-0.4, -0.2) is 61.6 Å². The number of nitrogens with zero attached hydrogens (tertiary/aromatic N) is 2. The van der Waals surface area contributed by atoms with Gasteiger partial charge in [0.1, 0.15) is 0 Å². The molecule has 1 aliphatic rings. The smallest absolute Gasteiger partial charge is 0.319 e. The highest BCUT2D eigenvalue weighted by molar-refractivity contribution is 6.31. The second-order valence-corrected chi connectivity index (χ2v) is 7.36. The van der Waals surface area contributed by atoms with Gasteiger partial charge in [-0.2, -0.15) is 0 Å². The Bertz CT molecular complexity index is 556. The van der Waals surface area contributed by atoms with E-state index in [0.717, 1.165) is 31.7 Å². The highest BCUT2D eigenvalue weighted by atomic mass is 35.5. The van der Waals surface area contributed by atoms with Gasteiger partial charge in [-0.25, -0.2) is 4.79 Å². The third kappa shape index (κ3) is 5.36. The van der Waals surface area contributed by atoms with Crippen LogP contribution in [0.15, 0.2) is 18.2 Å². The van der Waals surface area contributed by atoms with Gasteiger partial charge in [0.05, 0.1) is 0 Å². The number of aryl methyl sites for hydroxylation is 1. The molecule has 24 heavy (non-hydrogen) atoms. The van der Waals surface area contributed by atoms with Gasteiger partial charge in [0.15, 0.2) is 0 Å². The second-order valence-electron chi connectivity index (χ2n) is 6.95. The molecule has 0 spiro atoms. The van der Waals surface area contributed by atoms with Gasteiger partial charge in [-0.1, -0.05) is 31.5 Å². The average Bonchev–Trinajstić information content (AvgIpc) is 2.52. The van der Waals surface area contributed by atoms with E-state index >= 15 is 0 Å². The number of hydrogen-bond acceptors (Lipinski definition) is 3. The third-order valence-electron chi connectivity index (χ3n) is 4.68. The van der Waals surface area contributed by atoms with Crippen molar-refractivity contribution in [2.24, 2.45) is 5.92 Å². The van der Waals surface area contributed by atoms with Crippen LogP contribution in [0.3, 0.4) is 0 Å². The number of piperazine rings is 1. The maximum Gasteiger partial charge on any atom is 0.319 e. The van der Waals surface area contributed by atoms with Crippen LogP contribution in [0.5, 0.6) is 0 Å². The summed E-state index contributed by atoms with van der Waals surface area (Å²) in [7, 11) is 2.15. The van der Waals surface area contributed by atoms with Crippen LogP contribution in [-0.2, 0) is 0 Å². The molecule has 0 aliphatic carbocycles. The molecule has 1 aromatic rings. The molecular weight excluding hydrogens is 324 g/mol. The lowest BCUT2D eigenvalue weighted by Gasteiger charge is -2.39. The molecule has 2 N–H and O–H groups in total. The summed E-state index contributed by atoms with van der Waals surface area (Å²) in [6.45, 7) is 11.3. The van der Waals surface area contributed by atoms with E-state index in [1.165, 1.54) is 0 Å². The van der Waals surface area contributed by atoms with Crippen molar-refractivity contribution in [3.63, 3.8) is 0 Å². The Kier molecular flexibility index (Phi) is 6.90. The summed E-state index contributed by atoms with van der Waals surface area (Å²) < 4.78 is 0. The molecule has 1 aromatic carbocycles. The quantitative estimate of drug-likeness (QED) is 0.856. The van der Waals surface area contributed by atoms with Crippen molar-refractivity contribution in [3.8, 4) is 0 Å². The number of benzene rings is 1. The maximum absolute atomic E-state index is 12.2. The molecule has 0 bridgehead atoms. The fraction of sp³-hybridized carbons (Fsp3) is 0.611. The van der Waals surface area contributed by atoms with Crippen molar-refractivity contribution in [2.75, 3.05) is 45.1 Å². The summed E-state index contributed by atoms with van der Waals surface area (Å²) in [4.78, 5) is 17.0. The minimum atomic E-state index is -0.185. The topological polar surface area (TPSA) is 47.6 Å². The van der Waals surface area contributed by atoms with Gasteiger partial charge in [0, 0.05) is 49.5 Å². The lowest BCUT2D eigenvalue weighted by Crippen LogP contribution is -2.54. The van der Waals surface area contributed by atoms with E-state index < -0.39 is 0 Å². The zero-order valence-corrected chi connectivity index (χ0v) is 15.9. The minimum absolute atomic E-state index is 0.185. The molecule has 6 heteroatoms. The molecule has 0 unspecified atom stereocenters. The molecule has 1 atom stereocenters. The van der Waals surface area contributed by atoms with Crippen LogP contribution >= 0.6 is 11.6 Å². The Hall–Kier alpha value is -1.30. The minimum Gasteiger partial charge on any atom is -0.336 e. The van der Waals surface area contributed by atoms with Crippen molar-refractivity contribution < 1.29 is 4.79 Å². The lowest BCUT2D eigenvalue weighted by atomic mass is 10.0. The molecule has 134 valence electrons. The molecule has 5 nitrogen and oxygen atoms in total. The zero-order chi connectivity index (χ0) is 17.7.